The normalized spacial score (nSPS) is 10.9. The van der Waals surface area contributed by atoms with Crippen LogP contribution in [-0.4, -0.2) is 18.4 Å². The van der Waals surface area contributed by atoms with Gasteiger partial charge in [0.25, 0.3) is 0 Å². The van der Waals surface area contributed by atoms with Crippen LogP contribution in [-0.2, 0) is 0 Å². The zero-order valence-electron chi connectivity index (χ0n) is 10.1. The molecule has 19 heavy (non-hydrogen) atoms. The minimum atomic E-state index is 0.154. The molecule has 0 aliphatic carbocycles. The number of aromatic hydroxyl groups is 1. The second kappa shape index (κ2) is 6.21. The second-order valence-corrected chi connectivity index (χ2v) is 5.46. The predicted octanol–water partition coefficient (Wildman–Crippen LogP) is 4.68. The van der Waals surface area contributed by atoms with E-state index in [1.54, 1.807) is 19.4 Å². The molecule has 2 rings (SSSR count). The van der Waals surface area contributed by atoms with Crippen molar-refractivity contribution in [3.63, 3.8) is 0 Å². The number of halogens is 2. The fraction of sp³-hybridized carbons (Fsp3) is 0.0714. The van der Waals surface area contributed by atoms with E-state index in [1.165, 1.54) is 0 Å². The Morgan fingerprint density at radius 1 is 1.16 bits per heavy atom. The highest BCUT2D eigenvalue weighted by Crippen LogP contribution is 2.32. The standard InChI is InChI=1S/C14H11Br2NO2/c1-19-10-4-2-3-9(7-10)17-8-11-12(15)5-6-13(16)14(11)18/h2-8,18H,1H3. The molecule has 0 amide bonds. The summed E-state index contributed by atoms with van der Waals surface area (Å²) in [7, 11) is 1.61. The fourth-order valence-corrected chi connectivity index (χ4v) is 2.28. The third kappa shape index (κ3) is 3.36. The van der Waals surface area contributed by atoms with Crippen LogP contribution in [0.25, 0.3) is 0 Å². The number of methoxy groups -OCH3 is 1. The highest BCUT2D eigenvalue weighted by atomic mass is 79.9. The van der Waals surface area contributed by atoms with E-state index in [1.807, 2.05) is 30.3 Å². The minimum Gasteiger partial charge on any atom is -0.506 e. The Kier molecular flexibility index (Phi) is 4.61. The molecule has 0 spiro atoms. The second-order valence-electron chi connectivity index (χ2n) is 3.75. The van der Waals surface area contributed by atoms with Gasteiger partial charge in [0.05, 0.1) is 17.3 Å². The number of aliphatic imine (C=N–C) groups is 1. The predicted molar refractivity (Wildman–Crippen MR) is 83.8 cm³/mol. The zero-order valence-corrected chi connectivity index (χ0v) is 13.3. The van der Waals surface area contributed by atoms with Crippen molar-refractivity contribution in [2.24, 2.45) is 4.99 Å². The van der Waals surface area contributed by atoms with Crippen LogP contribution >= 0.6 is 31.9 Å². The molecule has 2 aromatic carbocycles. The summed E-state index contributed by atoms with van der Waals surface area (Å²) in [5, 5.41) is 9.96. The summed E-state index contributed by atoms with van der Waals surface area (Å²) in [5.74, 6) is 0.896. The fourth-order valence-electron chi connectivity index (χ4n) is 1.51. The smallest absolute Gasteiger partial charge is 0.139 e. The summed E-state index contributed by atoms with van der Waals surface area (Å²) in [6, 6.07) is 11.0. The highest BCUT2D eigenvalue weighted by molar-refractivity contribution is 9.11. The Labute approximate surface area is 128 Å². The number of benzene rings is 2. The van der Waals surface area contributed by atoms with Crippen molar-refractivity contribution >= 4 is 43.8 Å². The lowest BCUT2D eigenvalue weighted by atomic mass is 10.2. The first kappa shape index (κ1) is 14.1. The maximum atomic E-state index is 9.96. The zero-order chi connectivity index (χ0) is 13.8. The maximum absolute atomic E-state index is 9.96. The summed E-state index contributed by atoms with van der Waals surface area (Å²) >= 11 is 6.66. The van der Waals surface area contributed by atoms with Crippen LogP contribution in [0.5, 0.6) is 11.5 Å². The van der Waals surface area contributed by atoms with Crippen molar-refractivity contribution in [2.45, 2.75) is 0 Å². The molecule has 0 aliphatic heterocycles. The minimum absolute atomic E-state index is 0.154. The molecule has 5 heteroatoms. The number of rotatable bonds is 3. The van der Waals surface area contributed by atoms with Crippen LogP contribution in [0.4, 0.5) is 5.69 Å². The molecule has 0 radical (unpaired) electrons. The van der Waals surface area contributed by atoms with Crippen molar-refractivity contribution in [3.8, 4) is 11.5 Å². The van der Waals surface area contributed by atoms with Gasteiger partial charge >= 0.3 is 0 Å². The lowest BCUT2D eigenvalue weighted by molar-refractivity contribution is 0.415. The third-order valence-corrected chi connectivity index (χ3v) is 3.84. The van der Waals surface area contributed by atoms with Gasteiger partial charge in [-0.1, -0.05) is 6.07 Å². The Balaban J connectivity index is 2.35. The first-order valence-corrected chi connectivity index (χ1v) is 7.05. The first-order valence-electron chi connectivity index (χ1n) is 5.47. The number of hydrogen-bond donors (Lipinski definition) is 1. The molecule has 0 bridgehead atoms. The van der Waals surface area contributed by atoms with Crippen LogP contribution in [0.2, 0.25) is 0 Å². The van der Waals surface area contributed by atoms with Crippen LogP contribution in [0, 0.1) is 0 Å². The van der Waals surface area contributed by atoms with Crippen molar-refractivity contribution in [1.82, 2.24) is 0 Å². The Bertz CT molecular complexity index is 627. The van der Waals surface area contributed by atoms with E-state index < -0.39 is 0 Å². The molecular formula is C14H11Br2NO2. The van der Waals surface area contributed by atoms with Gasteiger partial charge in [-0.2, -0.15) is 0 Å². The molecule has 0 atom stereocenters. The molecule has 0 heterocycles. The Morgan fingerprint density at radius 2 is 1.89 bits per heavy atom. The van der Waals surface area contributed by atoms with Crippen LogP contribution < -0.4 is 4.74 Å². The van der Waals surface area contributed by atoms with E-state index in [2.05, 4.69) is 36.9 Å². The molecule has 0 fully saturated rings. The van der Waals surface area contributed by atoms with Gasteiger partial charge in [-0.3, -0.25) is 4.99 Å². The van der Waals surface area contributed by atoms with Gasteiger partial charge in [0.2, 0.25) is 0 Å². The number of hydrogen-bond acceptors (Lipinski definition) is 3. The largest absolute Gasteiger partial charge is 0.506 e. The van der Waals surface area contributed by atoms with E-state index in [-0.39, 0.29) is 5.75 Å². The monoisotopic (exact) mass is 383 g/mol. The molecule has 0 aromatic heterocycles. The number of phenols is 1. The van der Waals surface area contributed by atoms with Crippen LogP contribution in [0.1, 0.15) is 5.56 Å². The SMILES string of the molecule is COc1cccc(N=Cc2c(Br)ccc(Br)c2O)c1. The molecule has 2 aromatic rings. The molecule has 0 unspecified atom stereocenters. The van der Waals surface area contributed by atoms with E-state index in [0.29, 0.717) is 10.0 Å². The van der Waals surface area contributed by atoms with Gasteiger partial charge < -0.3 is 9.84 Å². The lowest BCUT2D eigenvalue weighted by Crippen LogP contribution is -1.86. The van der Waals surface area contributed by atoms with Gasteiger partial charge in [0.1, 0.15) is 11.5 Å². The van der Waals surface area contributed by atoms with E-state index in [9.17, 15) is 5.11 Å². The van der Waals surface area contributed by atoms with Crippen molar-refractivity contribution in [1.29, 1.82) is 0 Å². The van der Waals surface area contributed by atoms with Gasteiger partial charge in [-0.25, -0.2) is 0 Å². The van der Waals surface area contributed by atoms with E-state index >= 15 is 0 Å². The van der Waals surface area contributed by atoms with E-state index in [4.69, 9.17) is 4.74 Å². The van der Waals surface area contributed by atoms with Gasteiger partial charge in [-0.15, -0.1) is 0 Å². The molecular weight excluding hydrogens is 374 g/mol. The molecule has 0 saturated heterocycles. The van der Waals surface area contributed by atoms with Crippen LogP contribution in [0.15, 0.2) is 50.3 Å². The molecule has 0 saturated carbocycles. The van der Waals surface area contributed by atoms with Crippen molar-refractivity contribution in [3.05, 3.63) is 50.9 Å². The summed E-state index contributed by atoms with van der Waals surface area (Å²) < 4.78 is 6.54. The maximum Gasteiger partial charge on any atom is 0.139 e. The summed E-state index contributed by atoms with van der Waals surface area (Å²) in [6.45, 7) is 0. The highest BCUT2D eigenvalue weighted by Gasteiger charge is 2.07. The van der Waals surface area contributed by atoms with Gasteiger partial charge in [-0.05, 0) is 56.1 Å². The van der Waals surface area contributed by atoms with Gasteiger partial charge in [0.15, 0.2) is 0 Å². The molecule has 3 nitrogen and oxygen atoms in total. The molecule has 1 N–H and O–H groups in total. The van der Waals surface area contributed by atoms with Crippen molar-refractivity contribution < 1.29 is 9.84 Å². The molecule has 98 valence electrons. The molecule has 0 aliphatic rings. The van der Waals surface area contributed by atoms with Crippen LogP contribution in [0.3, 0.4) is 0 Å². The quantitative estimate of drug-likeness (QED) is 0.780. The first-order chi connectivity index (χ1) is 9.11. The number of phenolic OH excluding ortho intramolecular Hbond substituents is 1. The third-order valence-electron chi connectivity index (χ3n) is 2.51. The van der Waals surface area contributed by atoms with E-state index in [0.717, 1.165) is 15.9 Å². The van der Waals surface area contributed by atoms with Gasteiger partial charge in [0, 0.05) is 22.3 Å². The Morgan fingerprint density at radius 3 is 2.63 bits per heavy atom. The Hall–Kier alpha value is -1.33. The number of ether oxygens (including phenoxy) is 1. The topological polar surface area (TPSA) is 41.8 Å². The van der Waals surface area contributed by atoms with Crippen molar-refractivity contribution in [2.75, 3.05) is 7.11 Å². The summed E-state index contributed by atoms with van der Waals surface area (Å²) in [4.78, 5) is 4.33. The average molecular weight is 385 g/mol. The summed E-state index contributed by atoms with van der Waals surface area (Å²) in [5.41, 5.74) is 1.38. The average Bonchev–Trinajstić information content (AvgIpc) is 2.43. The number of nitrogens with zero attached hydrogens (tertiary/aromatic N) is 1. The lowest BCUT2D eigenvalue weighted by Gasteiger charge is -2.04. The summed E-state index contributed by atoms with van der Waals surface area (Å²) in [6.07, 6.45) is 1.61.